The highest BCUT2D eigenvalue weighted by molar-refractivity contribution is 5.20. The van der Waals surface area contributed by atoms with Gasteiger partial charge in [0.05, 0.1) is 18.4 Å². The summed E-state index contributed by atoms with van der Waals surface area (Å²) >= 11 is 0. The van der Waals surface area contributed by atoms with Gasteiger partial charge in [0, 0.05) is 38.2 Å². The maximum atomic E-state index is 6.04. The summed E-state index contributed by atoms with van der Waals surface area (Å²) in [5.74, 6) is 1.26. The van der Waals surface area contributed by atoms with Gasteiger partial charge in [0.15, 0.2) is 0 Å². The van der Waals surface area contributed by atoms with Crippen LogP contribution in [0, 0.1) is 0 Å². The molecule has 0 spiro atoms. The normalized spacial score (nSPS) is 19.4. The van der Waals surface area contributed by atoms with E-state index in [0.717, 1.165) is 45.5 Å². The molecule has 0 aromatic carbocycles. The van der Waals surface area contributed by atoms with Crippen molar-refractivity contribution < 1.29 is 4.74 Å². The van der Waals surface area contributed by atoms with E-state index in [0.29, 0.717) is 6.10 Å². The first-order chi connectivity index (χ1) is 9.88. The number of hydrogen-bond donors (Lipinski definition) is 1. The van der Waals surface area contributed by atoms with Crippen LogP contribution >= 0.6 is 0 Å². The monoisotopic (exact) mass is 277 g/mol. The first kappa shape index (κ1) is 14.1. The lowest BCUT2D eigenvalue weighted by atomic mass is 10.2. The van der Waals surface area contributed by atoms with Crippen LogP contribution in [0.2, 0.25) is 0 Å². The molecule has 2 heterocycles. The summed E-state index contributed by atoms with van der Waals surface area (Å²) in [4.78, 5) is 4.84. The van der Waals surface area contributed by atoms with Crippen molar-refractivity contribution >= 4 is 0 Å². The Morgan fingerprint density at radius 1 is 1.35 bits per heavy atom. The molecule has 1 saturated carbocycles. The fourth-order valence-electron chi connectivity index (χ4n) is 3.47. The summed E-state index contributed by atoms with van der Waals surface area (Å²) in [6, 6.07) is 0. The largest absolute Gasteiger partial charge is 0.376 e. The van der Waals surface area contributed by atoms with Gasteiger partial charge < -0.3 is 14.6 Å². The molecule has 20 heavy (non-hydrogen) atoms. The maximum Gasteiger partial charge on any atom is 0.109 e. The van der Waals surface area contributed by atoms with E-state index < -0.39 is 0 Å². The van der Waals surface area contributed by atoms with Crippen LogP contribution in [0.5, 0.6) is 0 Å². The molecule has 112 valence electrons. The van der Waals surface area contributed by atoms with Gasteiger partial charge in [-0.15, -0.1) is 0 Å². The van der Waals surface area contributed by atoms with Crippen molar-refractivity contribution in [2.75, 3.05) is 13.2 Å². The quantitative estimate of drug-likeness (QED) is 0.868. The highest BCUT2D eigenvalue weighted by Gasteiger charge is 2.20. The van der Waals surface area contributed by atoms with Crippen molar-refractivity contribution in [3.8, 4) is 0 Å². The van der Waals surface area contributed by atoms with Crippen LogP contribution in [0.3, 0.4) is 0 Å². The molecule has 4 heteroatoms. The summed E-state index contributed by atoms with van der Waals surface area (Å²) in [5, 5.41) is 3.42. The molecule has 1 fully saturated rings. The molecule has 0 saturated heterocycles. The smallest absolute Gasteiger partial charge is 0.109 e. The first-order valence-corrected chi connectivity index (χ1v) is 8.28. The van der Waals surface area contributed by atoms with Crippen molar-refractivity contribution in [2.45, 2.75) is 71.1 Å². The third-order valence-electron chi connectivity index (χ3n) is 4.51. The Morgan fingerprint density at radius 3 is 3.00 bits per heavy atom. The van der Waals surface area contributed by atoms with E-state index in [4.69, 9.17) is 9.72 Å². The van der Waals surface area contributed by atoms with E-state index in [2.05, 4.69) is 16.8 Å². The van der Waals surface area contributed by atoms with Crippen molar-refractivity contribution in [3.63, 3.8) is 0 Å². The maximum absolute atomic E-state index is 6.04. The fraction of sp³-hybridized carbons (Fsp3) is 0.812. The average molecular weight is 277 g/mol. The molecule has 0 amide bonds. The van der Waals surface area contributed by atoms with Crippen LogP contribution in [-0.2, 0) is 30.7 Å². The number of nitrogens with zero attached hydrogens (tertiary/aromatic N) is 2. The van der Waals surface area contributed by atoms with Gasteiger partial charge in [-0.2, -0.15) is 0 Å². The average Bonchev–Trinajstić information content (AvgIpc) is 3.08. The van der Waals surface area contributed by atoms with E-state index in [1.807, 2.05) is 0 Å². The Bertz CT molecular complexity index is 435. The topological polar surface area (TPSA) is 39.1 Å². The first-order valence-electron chi connectivity index (χ1n) is 8.28. The van der Waals surface area contributed by atoms with Gasteiger partial charge in [-0.3, -0.25) is 0 Å². The molecule has 1 aliphatic heterocycles. The van der Waals surface area contributed by atoms with Crippen molar-refractivity contribution in [1.29, 1.82) is 0 Å². The molecule has 4 nitrogen and oxygen atoms in total. The number of nitrogens with one attached hydrogen (secondary N) is 1. The molecule has 1 aromatic rings. The minimum Gasteiger partial charge on any atom is -0.376 e. The Kier molecular flexibility index (Phi) is 4.73. The number of aromatic nitrogens is 2. The molecule has 2 aliphatic rings. The van der Waals surface area contributed by atoms with Gasteiger partial charge in [0.25, 0.3) is 0 Å². The molecular weight excluding hydrogens is 250 g/mol. The molecule has 1 N–H and O–H groups in total. The van der Waals surface area contributed by atoms with E-state index in [9.17, 15) is 0 Å². The molecular formula is C16H27N3O. The van der Waals surface area contributed by atoms with Crippen LogP contribution < -0.4 is 5.32 Å². The summed E-state index contributed by atoms with van der Waals surface area (Å²) in [6.45, 7) is 6.06. The van der Waals surface area contributed by atoms with Gasteiger partial charge >= 0.3 is 0 Å². The van der Waals surface area contributed by atoms with Crippen molar-refractivity contribution in [1.82, 2.24) is 14.9 Å². The van der Waals surface area contributed by atoms with Crippen molar-refractivity contribution in [2.24, 2.45) is 0 Å². The Morgan fingerprint density at radius 2 is 2.20 bits per heavy atom. The van der Waals surface area contributed by atoms with Gasteiger partial charge in [0.1, 0.15) is 5.82 Å². The zero-order valence-electron chi connectivity index (χ0n) is 12.7. The lowest BCUT2D eigenvalue weighted by Gasteiger charge is -2.17. The number of ether oxygens (including phenoxy) is 1. The predicted octanol–water partition coefficient (Wildman–Crippen LogP) is 2.44. The fourth-order valence-corrected chi connectivity index (χ4v) is 3.47. The van der Waals surface area contributed by atoms with Crippen LogP contribution in [0.1, 0.15) is 56.2 Å². The number of rotatable bonds is 6. The number of aryl methyl sites for hydroxylation is 1. The molecule has 1 aliphatic carbocycles. The second-order valence-corrected chi connectivity index (χ2v) is 6.03. The van der Waals surface area contributed by atoms with E-state index in [1.54, 1.807) is 0 Å². The van der Waals surface area contributed by atoms with Gasteiger partial charge in [-0.1, -0.05) is 19.8 Å². The molecule has 1 aromatic heterocycles. The van der Waals surface area contributed by atoms with Crippen LogP contribution in [0.4, 0.5) is 0 Å². The van der Waals surface area contributed by atoms with E-state index >= 15 is 0 Å². The lowest BCUT2D eigenvalue weighted by Crippen LogP contribution is -2.25. The summed E-state index contributed by atoms with van der Waals surface area (Å²) in [5.41, 5.74) is 2.71. The second-order valence-electron chi connectivity index (χ2n) is 6.03. The summed E-state index contributed by atoms with van der Waals surface area (Å²) in [6.07, 6.45) is 9.07. The standard InChI is InChI=1S/C16H27N3O/c1-2-5-16-18-14-12-17-9-8-15(14)19(16)10-11-20-13-6-3-4-7-13/h13,17H,2-12H2,1H3. The highest BCUT2D eigenvalue weighted by Crippen LogP contribution is 2.22. The minimum atomic E-state index is 0.519. The van der Waals surface area contributed by atoms with Gasteiger partial charge in [-0.25, -0.2) is 4.98 Å². The SMILES string of the molecule is CCCc1nc2c(n1CCOC1CCCC1)CCNC2. The van der Waals surface area contributed by atoms with Crippen LogP contribution in [0.15, 0.2) is 0 Å². The number of imidazole rings is 1. The number of fused-ring (bicyclic) bond motifs is 1. The van der Waals surface area contributed by atoms with Crippen molar-refractivity contribution in [3.05, 3.63) is 17.2 Å². The third-order valence-corrected chi connectivity index (χ3v) is 4.51. The Balaban J connectivity index is 1.64. The zero-order valence-corrected chi connectivity index (χ0v) is 12.7. The van der Waals surface area contributed by atoms with Gasteiger partial charge in [-0.05, 0) is 19.3 Å². The van der Waals surface area contributed by atoms with E-state index in [-0.39, 0.29) is 0 Å². The highest BCUT2D eigenvalue weighted by atomic mass is 16.5. The summed E-state index contributed by atoms with van der Waals surface area (Å²) in [7, 11) is 0. The molecule has 0 bridgehead atoms. The predicted molar refractivity (Wildman–Crippen MR) is 79.8 cm³/mol. The molecule has 0 atom stereocenters. The second kappa shape index (κ2) is 6.72. The van der Waals surface area contributed by atoms with Crippen LogP contribution in [-0.4, -0.2) is 28.8 Å². The summed E-state index contributed by atoms with van der Waals surface area (Å²) < 4.78 is 8.48. The Labute approximate surface area is 121 Å². The zero-order chi connectivity index (χ0) is 13.8. The molecule has 0 unspecified atom stereocenters. The Hall–Kier alpha value is -0.870. The van der Waals surface area contributed by atoms with Crippen LogP contribution in [0.25, 0.3) is 0 Å². The molecule has 3 rings (SSSR count). The van der Waals surface area contributed by atoms with E-state index in [1.165, 1.54) is 42.9 Å². The third kappa shape index (κ3) is 3.07. The minimum absolute atomic E-state index is 0.519. The van der Waals surface area contributed by atoms with Gasteiger partial charge in [0.2, 0.25) is 0 Å². The number of hydrogen-bond acceptors (Lipinski definition) is 3. The lowest BCUT2D eigenvalue weighted by molar-refractivity contribution is 0.0522. The molecule has 0 radical (unpaired) electrons.